The van der Waals surface area contributed by atoms with Gasteiger partial charge in [-0.15, -0.1) is 0 Å². The molecule has 0 fully saturated rings. The quantitative estimate of drug-likeness (QED) is 0.746. The van der Waals surface area contributed by atoms with E-state index < -0.39 is 6.09 Å². The summed E-state index contributed by atoms with van der Waals surface area (Å²) in [6.45, 7) is 3.61. The molecule has 6 nitrogen and oxygen atoms in total. The van der Waals surface area contributed by atoms with E-state index in [1.807, 2.05) is 6.92 Å². The highest BCUT2D eigenvalue weighted by atomic mass is 16.5. The van der Waals surface area contributed by atoms with Gasteiger partial charge in [-0.1, -0.05) is 6.92 Å². The molecule has 1 amide bonds. The molecule has 0 unspecified atom stereocenters. The van der Waals surface area contributed by atoms with Crippen LogP contribution in [0.2, 0.25) is 0 Å². The molecular weight excluding hydrogens is 234 g/mol. The lowest BCUT2D eigenvalue weighted by atomic mass is 10.1. The highest BCUT2D eigenvalue weighted by Crippen LogP contribution is 2.19. The van der Waals surface area contributed by atoms with Gasteiger partial charge in [-0.3, -0.25) is 0 Å². The first-order valence-corrected chi connectivity index (χ1v) is 5.52. The van der Waals surface area contributed by atoms with Crippen LogP contribution in [0, 0.1) is 6.92 Å². The van der Waals surface area contributed by atoms with Gasteiger partial charge < -0.3 is 21.3 Å². The first-order chi connectivity index (χ1) is 8.45. The Morgan fingerprint density at radius 1 is 1.44 bits per heavy atom. The van der Waals surface area contributed by atoms with Crippen LogP contribution in [0.15, 0.2) is 17.7 Å². The van der Waals surface area contributed by atoms with Gasteiger partial charge in [-0.05, 0) is 31.1 Å². The lowest BCUT2D eigenvalue weighted by Gasteiger charge is -2.10. The summed E-state index contributed by atoms with van der Waals surface area (Å²) < 4.78 is 4.72. The van der Waals surface area contributed by atoms with Crippen molar-refractivity contribution in [1.29, 1.82) is 0 Å². The normalized spacial score (nSPS) is 11.9. The van der Waals surface area contributed by atoms with Crippen molar-refractivity contribution in [3.63, 3.8) is 0 Å². The van der Waals surface area contributed by atoms with E-state index >= 15 is 0 Å². The number of hydrogen-bond acceptors (Lipinski definition) is 5. The van der Waals surface area contributed by atoms with E-state index in [4.69, 9.17) is 16.2 Å². The summed E-state index contributed by atoms with van der Waals surface area (Å²) >= 11 is 0. The fraction of sp³-hybridized carbons (Fsp3) is 0.333. The minimum atomic E-state index is -0.844. The third kappa shape index (κ3) is 3.38. The van der Waals surface area contributed by atoms with Crippen molar-refractivity contribution in [2.24, 2.45) is 11.5 Å². The first-order valence-electron chi connectivity index (χ1n) is 5.52. The molecule has 1 rings (SSSR count). The molecule has 1 aromatic heterocycles. The molecule has 18 heavy (non-hydrogen) atoms. The molecule has 0 aromatic carbocycles. The Balaban J connectivity index is 3.02. The Morgan fingerprint density at radius 3 is 2.61 bits per heavy atom. The Morgan fingerprint density at radius 2 is 2.11 bits per heavy atom. The van der Waals surface area contributed by atoms with E-state index in [2.05, 4.69) is 4.98 Å². The number of nitrogens with two attached hydrogens (primary N) is 2. The van der Waals surface area contributed by atoms with Gasteiger partial charge in [0.25, 0.3) is 0 Å². The predicted octanol–water partition coefficient (Wildman–Crippen LogP) is 1.27. The number of primary amides is 1. The van der Waals surface area contributed by atoms with Crippen molar-refractivity contribution in [3.05, 3.63) is 29.1 Å². The number of aryl methyl sites for hydroxylation is 1. The summed E-state index contributed by atoms with van der Waals surface area (Å²) in [6, 6.07) is 3.13. The molecule has 0 saturated heterocycles. The van der Waals surface area contributed by atoms with Crippen molar-refractivity contribution in [2.45, 2.75) is 20.3 Å². The van der Waals surface area contributed by atoms with Crippen LogP contribution in [-0.4, -0.2) is 22.8 Å². The Bertz CT molecular complexity index is 483. The summed E-state index contributed by atoms with van der Waals surface area (Å²) in [7, 11) is 0. The van der Waals surface area contributed by atoms with Crippen LogP contribution in [0.25, 0.3) is 5.70 Å². The van der Waals surface area contributed by atoms with E-state index in [1.165, 1.54) is 6.07 Å². The number of carbonyl (C=O) groups is 1. The van der Waals surface area contributed by atoms with E-state index in [9.17, 15) is 9.90 Å². The van der Waals surface area contributed by atoms with Crippen LogP contribution in [0.1, 0.15) is 24.7 Å². The average Bonchev–Trinajstić information content (AvgIpc) is 2.32. The molecule has 1 aromatic rings. The van der Waals surface area contributed by atoms with Gasteiger partial charge in [0.05, 0.1) is 17.1 Å². The Hall–Kier alpha value is -2.24. The number of amides is 1. The minimum Gasteiger partial charge on any atom is -0.506 e. The van der Waals surface area contributed by atoms with E-state index in [1.54, 1.807) is 13.0 Å². The summed E-state index contributed by atoms with van der Waals surface area (Å²) in [4.78, 5) is 14.7. The number of aromatic nitrogens is 1. The number of rotatable bonds is 4. The summed E-state index contributed by atoms with van der Waals surface area (Å²) in [5.41, 5.74) is 13.0. The summed E-state index contributed by atoms with van der Waals surface area (Å²) in [5, 5.41) is 9.39. The van der Waals surface area contributed by atoms with Crippen LogP contribution in [0.5, 0.6) is 5.75 Å². The zero-order valence-electron chi connectivity index (χ0n) is 10.4. The van der Waals surface area contributed by atoms with Gasteiger partial charge in [-0.25, -0.2) is 9.78 Å². The van der Waals surface area contributed by atoms with Crippen molar-refractivity contribution in [3.8, 4) is 5.75 Å². The third-order valence-electron chi connectivity index (χ3n) is 2.53. The number of aromatic hydroxyl groups is 1. The zero-order valence-corrected chi connectivity index (χ0v) is 10.4. The van der Waals surface area contributed by atoms with Gasteiger partial charge >= 0.3 is 6.09 Å². The van der Waals surface area contributed by atoms with Gasteiger partial charge in [0.1, 0.15) is 12.4 Å². The molecule has 98 valence electrons. The molecular formula is C12H17N3O3. The first kappa shape index (κ1) is 13.8. The number of nitrogens with zero attached hydrogens (tertiary/aromatic N) is 1. The summed E-state index contributed by atoms with van der Waals surface area (Å²) in [6.07, 6.45) is -0.232. The molecule has 6 heteroatoms. The number of pyridine rings is 1. The maximum absolute atomic E-state index is 10.6. The largest absolute Gasteiger partial charge is 0.506 e. The molecule has 0 radical (unpaired) electrons. The van der Waals surface area contributed by atoms with Gasteiger partial charge in [0, 0.05) is 0 Å². The maximum Gasteiger partial charge on any atom is 0.404 e. The van der Waals surface area contributed by atoms with Crippen molar-refractivity contribution >= 4 is 11.8 Å². The van der Waals surface area contributed by atoms with Crippen molar-refractivity contribution in [2.75, 3.05) is 6.61 Å². The van der Waals surface area contributed by atoms with E-state index in [0.717, 1.165) is 5.57 Å². The fourth-order valence-electron chi connectivity index (χ4n) is 1.41. The Kier molecular flexibility index (Phi) is 4.53. The highest BCUT2D eigenvalue weighted by molar-refractivity contribution is 5.67. The second-order valence-corrected chi connectivity index (χ2v) is 3.78. The van der Waals surface area contributed by atoms with Gasteiger partial charge in [-0.2, -0.15) is 0 Å². The maximum atomic E-state index is 10.6. The van der Waals surface area contributed by atoms with Crippen LogP contribution in [0.4, 0.5) is 4.79 Å². The molecule has 0 aliphatic rings. The molecule has 0 bridgehead atoms. The molecule has 0 spiro atoms. The lowest BCUT2D eigenvalue weighted by Crippen LogP contribution is -2.16. The van der Waals surface area contributed by atoms with Crippen molar-refractivity contribution < 1.29 is 14.6 Å². The molecule has 0 aliphatic carbocycles. The van der Waals surface area contributed by atoms with Gasteiger partial charge in [0.15, 0.2) is 0 Å². The predicted molar refractivity (Wildman–Crippen MR) is 67.6 cm³/mol. The standard InChI is InChI=1S/C12H17N3O3/c1-3-8(6-18-12(14)17)11(13)9-4-5-10(16)7(2)15-9/h4-5,16H,3,6,13H2,1-2H3,(H2,14,17)/b11-8+. The molecule has 5 N–H and O–H groups in total. The van der Waals surface area contributed by atoms with Crippen LogP contribution >= 0.6 is 0 Å². The van der Waals surface area contributed by atoms with E-state index in [-0.39, 0.29) is 12.4 Å². The number of hydrogen-bond donors (Lipinski definition) is 3. The topological polar surface area (TPSA) is 111 Å². The van der Waals surface area contributed by atoms with Crippen molar-refractivity contribution in [1.82, 2.24) is 4.98 Å². The fourth-order valence-corrected chi connectivity index (χ4v) is 1.41. The molecule has 0 aliphatic heterocycles. The van der Waals surface area contributed by atoms with Crippen LogP contribution in [0.3, 0.4) is 0 Å². The monoisotopic (exact) mass is 251 g/mol. The Labute approximate surface area is 105 Å². The second kappa shape index (κ2) is 5.90. The minimum absolute atomic E-state index is 0.0409. The molecule has 0 saturated carbocycles. The molecule has 1 heterocycles. The average molecular weight is 251 g/mol. The van der Waals surface area contributed by atoms with E-state index in [0.29, 0.717) is 23.5 Å². The number of ether oxygens (including phenoxy) is 1. The SMILES string of the molecule is CC/C(COC(N)=O)=C(\N)c1ccc(O)c(C)n1. The van der Waals surface area contributed by atoms with Crippen LogP contribution in [-0.2, 0) is 4.74 Å². The smallest absolute Gasteiger partial charge is 0.404 e. The second-order valence-electron chi connectivity index (χ2n) is 3.78. The summed E-state index contributed by atoms with van der Waals surface area (Å²) in [5.74, 6) is 0.109. The zero-order chi connectivity index (χ0) is 13.7. The molecule has 0 atom stereocenters. The van der Waals surface area contributed by atoms with Crippen LogP contribution < -0.4 is 11.5 Å². The lowest BCUT2D eigenvalue weighted by molar-refractivity contribution is 0.166. The highest BCUT2D eigenvalue weighted by Gasteiger charge is 2.09. The van der Waals surface area contributed by atoms with Gasteiger partial charge in [0.2, 0.25) is 0 Å². The third-order valence-corrected chi connectivity index (χ3v) is 2.53. The number of carbonyl (C=O) groups excluding carboxylic acids is 1.